The van der Waals surface area contributed by atoms with Crippen LogP contribution >= 0.6 is 11.3 Å². The Balaban J connectivity index is 1.82. The monoisotopic (exact) mass is 381 g/mol. The first-order valence-electron chi connectivity index (χ1n) is 9.00. The second-order valence-corrected chi connectivity index (χ2v) is 7.28. The van der Waals surface area contributed by atoms with Crippen molar-refractivity contribution in [3.63, 3.8) is 0 Å². The molecule has 0 spiro atoms. The lowest BCUT2D eigenvalue weighted by Crippen LogP contribution is -2.25. The number of esters is 1. The first-order valence-corrected chi connectivity index (χ1v) is 9.82. The molecule has 2 aromatic heterocycles. The molecule has 0 aliphatic heterocycles. The van der Waals surface area contributed by atoms with Crippen LogP contribution in [-0.2, 0) is 17.7 Å². The van der Waals surface area contributed by atoms with Gasteiger partial charge in [-0.25, -0.2) is 9.78 Å². The molecule has 0 amide bonds. The molecule has 3 rings (SSSR count). The fourth-order valence-electron chi connectivity index (χ4n) is 2.75. The highest BCUT2D eigenvalue weighted by molar-refractivity contribution is 7.15. The molecule has 2 heterocycles. The van der Waals surface area contributed by atoms with Crippen molar-refractivity contribution in [3.8, 4) is 0 Å². The van der Waals surface area contributed by atoms with E-state index in [9.17, 15) is 4.79 Å². The topological polar surface area (TPSA) is 55.3 Å². The van der Waals surface area contributed by atoms with Crippen LogP contribution in [0.1, 0.15) is 33.5 Å². The standard InChI is InChI=1S/C21H23N3O2S/c1-3-26-20(25)19-16(2)27-21(23-19)24(15-17-9-5-4-6-10-17)14-12-18-11-7-8-13-22-18/h4-11,13H,3,12,14-15H2,1-2H3. The van der Waals surface area contributed by atoms with Crippen LogP contribution in [-0.4, -0.2) is 29.1 Å². The number of pyridine rings is 1. The Morgan fingerprint density at radius 3 is 2.63 bits per heavy atom. The van der Waals surface area contributed by atoms with Gasteiger partial charge in [-0.05, 0) is 31.5 Å². The molecule has 0 bridgehead atoms. The van der Waals surface area contributed by atoms with Crippen LogP contribution < -0.4 is 4.90 Å². The summed E-state index contributed by atoms with van der Waals surface area (Å²) < 4.78 is 5.13. The van der Waals surface area contributed by atoms with E-state index >= 15 is 0 Å². The number of carbonyl (C=O) groups excluding carboxylic acids is 1. The molecule has 0 atom stereocenters. The number of thiazole rings is 1. The lowest BCUT2D eigenvalue weighted by atomic mass is 10.2. The molecule has 0 saturated carbocycles. The molecule has 0 fully saturated rings. The van der Waals surface area contributed by atoms with Crippen LogP contribution in [0.3, 0.4) is 0 Å². The van der Waals surface area contributed by atoms with Gasteiger partial charge in [0.2, 0.25) is 0 Å². The summed E-state index contributed by atoms with van der Waals surface area (Å²) in [6.07, 6.45) is 2.62. The summed E-state index contributed by atoms with van der Waals surface area (Å²) in [6.45, 7) is 5.55. The summed E-state index contributed by atoms with van der Waals surface area (Å²) >= 11 is 1.52. The van der Waals surface area contributed by atoms with Crippen molar-refractivity contribution >= 4 is 22.4 Å². The third kappa shape index (κ3) is 5.14. The third-order valence-electron chi connectivity index (χ3n) is 4.10. The zero-order valence-electron chi connectivity index (χ0n) is 15.6. The predicted molar refractivity (Wildman–Crippen MR) is 108 cm³/mol. The fraction of sp³-hybridized carbons (Fsp3) is 0.286. The van der Waals surface area contributed by atoms with Crippen LogP contribution in [0.2, 0.25) is 0 Å². The average Bonchev–Trinajstić information content (AvgIpc) is 3.08. The van der Waals surface area contributed by atoms with E-state index in [1.165, 1.54) is 16.9 Å². The van der Waals surface area contributed by atoms with Gasteiger partial charge in [0.15, 0.2) is 10.8 Å². The minimum atomic E-state index is -0.359. The van der Waals surface area contributed by atoms with Crippen molar-refractivity contribution in [2.75, 3.05) is 18.1 Å². The van der Waals surface area contributed by atoms with Crippen molar-refractivity contribution in [3.05, 3.63) is 76.6 Å². The van der Waals surface area contributed by atoms with E-state index in [1.54, 1.807) is 6.92 Å². The van der Waals surface area contributed by atoms with Crippen LogP contribution in [0.25, 0.3) is 0 Å². The molecule has 27 heavy (non-hydrogen) atoms. The molecule has 140 valence electrons. The maximum atomic E-state index is 12.1. The second-order valence-electron chi connectivity index (χ2n) is 6.10. The molecule has 0 unspecified atom stereocenters. The third-order valence-corrected chi connectivity index (χ3v) is 5.14. The smallest absolute Gasteiger partial charge is 0.358 e. The largest absolute Gasteiger partial charge is 0.461 e. The van der Waals surface area contributed by atoms with Crippen LogP contribution in [0.5, 0.6) is 0 Å². The zero-order chi connectivity index (χ0) is 19.1. The molecule has 5 nitrogen and oxygen atoms in total. The molecule has 6 heteroatoms. The number of ether oxygens (including phenoxy) is 1. The number of hydrogen-bond acceptors (Lipinski definition) is 6. The number of aryl methyl sites for hydroxylation is 1. The van der Waals surface area contributed by atoms with Crippen LogP contribution in [0.4, 0.5) is 5.13 Å². The van der Waals surface area contributed by atoms with E-state index in [0.717, 1.165) is 35.2 Å². The van der Waals surface area contributed by atoms with Crippen molar-refractivity contribution in [2.45, 2.75) is 26.8 Å². The number of hydrogen-bond donors (Lipinski definition) is 0. The Kier molecular flexibility index (Phi) is 6.54. The summed E-state index contributed by atoms with van der Waals surface area (Å²) in [5.74, 6) is -0.359. The minimum absolute atomic E-state index is 0.346. The maximum absolute atomic E-state index is 12.1. The highest BCUT2D eigenvalue weighted by Crippen LogP contribution is 2.27. The highest BCUT2D eigenvalue weighted by atomic mass is 32.1. The Morgan fingerprint density at radius 2 is 1.93 bits per heavy atom. The number of nitrogens with zero attached hydrogens (tertiary/aromatic N) is 3. The summed E-state index contributed by atoms with van der Waals surface area (Å²) in [5, 5.41) is 0.829. The van der Waals surface area contributed by atoms with Gasteiger partial charge >= 0.3 is 5.97 Å². The molecule has 0 saturated heterocycles. The Morgan fingerprint density at radius 1 is 1.15 bits per heavy atom. The van der Waals surface area contributed by atoms with E-state index in [0.29, 0.717) is 12.3 Å². The highest BCUT2D eigenvalue weighted by Gasteiger charge is 2.20. The van der Waals surface area contributed by atoms with Crippen LogP contribution in [0, 0.1) is 6.92 Å². The molecule has 0 aliphatic rings. The Bertz CT molecular complexity index is 866. The second kappa shape index (κ2) is 9.28. The fourth-order valence-corrected chi connectivity index (χ4v) is 3.67. The summed E-state index contributed by atoms with van der Waals surface area (Å²) in [4.78, 5) is 24.2. The first-order chi connectivity index (χ1) is 13.2. The van der Waals surface area contributed by atoms with E-state index in [4.69, 9.17) is 4.74 Å². The Labute approximate surface area is 163 Å². The number of aromatic nitrogens is 2. The quantitative estimate of drug-likeness (QED) is 0.545. The SMILES string of the molecule is CCOC(=O)c1nc(N(CCc2ccccn2)Cc2ccccc2)sc1C. The van der Waals surface area contributed by atoms with Gasteiger partial charge in [-0.15, -0.1) is 11.3 Å². The molecule has 0 radical (unpaired) electrons. The molecule has 1 aromatic carbocycles. The average molecular weight is 382 g/mol. The van der Waals surface area contributed by atoms with Gasteiger partial charge in [-0.3, -0.25) is 4.98 Å². The number of anilines is 1. The van der Waals surface area contributed by atoms with E-state index in [1.807, 2.05) is 49.5 Å². The van der Waals surface area contributed by atoms with Crippen LogP contribution in [0.15, 0.2) is 54.7 Å². The van der Waals surface area contributed by atoms with Crippen molar-refractivity contribution < 1.29 is 9.53 Å². The maximum Gasteiger partial charge on any atom is 0.358 e. The molecular weight excluding hydrogens is 358 g/mol. The van der Waals surface area contributed by atoms with Gasteiger partial charge in [-0.1, -0.05) is 36.4 Å². The number of rotatable bonds is 8. The normalized spacial score (nSPS) is 10.6. The van der Waals surface area contributed by atoms with E-state index < -0.39 is 0 Å². The number of benzene rings is 1. The van der Waals surface area contributed by atoms with Crippen molar-refractivity contribution in [1.29, 1.82) is 0 Å². The van der Waals surface area contributed by atoms with Gasteiger partial charge in [-0.2, -0.15) is 0 Å². The van der Waals surface area contributed by atoms with Gasteiger partial charge in [0.25, 0.3) is 0 Å². The first kappa shape index (κ1) is 19.0. The summed E-state index contributed by atoms with van der Waals surface area (Å²) in [7, 11) is 0. The summed E-state index contributed by atoms with van der Waals surface area (Å²) in [5.41, 5.74) is 2.64. The van der Waals surface area contributed by atoms with E-state index in [-0.39, 0.29) is 5.97 Å². The molecular formula is C21H23N3O2S. The predicted octanol–water partition coefficient (Wildman–Crippen LogP) is 4.27. The van der Waals surface area contributed by atoms with Gasteiger partial charge in [0.1, 0.15) is 0 Å². The summed E-state index contributed by atoms with van der Waals surface area (Å²) in [6, 6.07) is 16.2. The molecule has 0 aliphatic carbocycles. The lowest BCUT2D eigenvalue weighted by Gasteiger charge is -2.22. The number of carbonyl (C=O) groups is 1. The lowest BCUT2D eigenvalue weighted by molar-refractivity contribution is 0.0519. The van der Waals surface area contributed by atoms with E-state index in [2.05, 4.69) is 27.0 Å². The van der Waals surface area contributed by atoms with Crippen molar-refractivity contribution in [1.82, 2.24) is 9.97 Å². The van der Waals surface area contributed by atoms with Gasteiger partial charge in [0, 0.05) is 36.3 Å². The molecule has 3 aromatic rings. The Hall–Kier alpha value is -2.73. The molecule has 0 N–H and O–H groups in total. The minimum Gasteiger partial charge on any atom is -0.461 e. The zero-order valence-corrected chi connectivity index (χ0v) is 16.4. The van der Waals surface area contributed by atoms with Gasteiger partial charge in [0.05, 0.1) is 6.61 Å². The van der Waals surface area contributed by atoms with Crippen molar-refractivity contribution in [2.24, 2.45) is 0 Å². The van der Waals surface area contributed by atoms with Gasteiger partial charge < -0.3 is 9.64 Å².